The van der Waals surface area contributed by atoms with Crippen molar-refractivity contribution in [1.29, 1.82) is 0 Å². The lowest BCUT2D eigenvalue weighted by molar-refractivity contribution is -0.120. The molecule has 2 saturated heterocycles. The van der Waals surface area contributed by atoms with Crippen LogP contribution in [0.5, 0.6) is 0 Å². The summed E-state index contributed by atoms with van der Waals surface area (Å²) >= 11 is 0. The van der Waals surface area contributed by atoms with Crippen molar-refractivity contribution in [2.75, 3.05) is 29.4 Å². The number of anilines is 2. The fraction of sp³-hybridized carbons (Fsp3) is 0.500. The summed E-state index contributed by atoms with van der Waals surface area (Å²) < 4.78 is 0. The molecule has 6 nitrogen and oxygen atoms in total. The Morgan fingerprint density at radius 1 is 1.05 bits per heavy atom. The molecule has 1 aromatic heterocycles. The van der Waals surface area contributed by atoms with Gasteiger partial charge in [-0.2, -0.15) is 0 Å². The van der Waals surface area contributed by atoms with E-state index in [0.29, 0.717) is 13.0 Å². The van der Waals surface area contributed by atoms with Gasteiger partial charge in [0, 0.05) is 26.1 Å². The quantitative estimate of drug-likeness (QED) is 0.888. The van der Waals surface area contributed by atoms with Gasteiger partial charge in [-0.05, 0) is 31.4 Å². The Kier molecular flexibility index (Phi) is 3.54. The number of amides is 3. The number of urea groups is 1. The van der Waals surface area contributed by atoms with Gasteiger partial charge in [-0.15, -0.1) is 0 Å². The van der Waals surface area contributed by atoms with Gasteiger partial charge in [-0.3, -0.25) is 15.0 Å². The van der Waals surface area contributed by atoms with E-state index in [1.54, 1.807) is 11.1 Å². The van der Waals surface area contributed by atoms with Crippen molar-refractivity contribution in [2.24, 2.45) is 0 Å². The molecule has 0 unspecified atom stereocenters. The van der Waals surface area contributed by atoms with Crippen LogP contribution < -0.4 is 15.1 Å². The molecule has 0 aromatic carbocycles. The van der Waals surface area contributed by atoms with E-state index in [0.717, 1.165) is 24.6 Å². The third-order valence-electron chi connectivity index (χ3n) is 3.78. The van der Waals surface area contributed by atoms with Crippen LogP contribution in [0, 0.1) is 0 Å². The van der Waals surface area contributed by atoms with Crippen LogP contribution in [0.1, 0.15) is 25.7 Å². The molecule has 0 aliphatic carbocycles. The Morgan fingerprint density at radius 3 is 2.50 bits per heavy atom. The maximum Gasteiger partial charge on any atom is 0.328 e. The average Bonchev–Trinajstić information content (AvgIpc) is 2.48. The highest BCUT2D eigenvalue weighted by molar-refractivity contribution is 6.05. The zero-order chi connectivity index (χ0) is 13.9. The van der Waals surface area contributed by atoms with Crippen molar-refractivity contribution in [3.63, 3.8) is 0 Å². The Bertz CT molecular complexity index is 508. The summed E-state index contributed by atoms with van der Waals surface area (Å²) in [5, 5.41) is 2.32. The molecule has 0 atom stereocenters. The van der Waals surface area contributed by atoms with Gasteiger partial charge < -0.3 is 4.90 Å². The van der Waals surface area contributed by atoms with Gasteiger partial charge in [0.05, 0.1) is 11.9 Å². The normalized spacial score (nSPS) is 20.0. The topological polar surface area (TPSA) is 65.5 Å². The molecule has 20 heavy (non-hydrogen) atoms. The smallest absolute Gasteiger partial charge is 0.328 e. The number of hydrogen-bond acceptors (Lipinski definition) is 4. The van der Waals surface area contributed by atoms with Crippen LogP contribution in [0.15, 0.2) is 18.3 Å². The minimum absolute atomic E-state index is 0.218. The fourth-order valence-electron chi connectivity index (χ4n) is 2.66. The first kappa shape index (κ1) is 12.9. The van der Waals surface area contributed by atoms with Crippen molar-refractivity contribution < 1.29 is 9.59 Å². The molecule has 6 heteroatoms. The Hall–Kier alpha value is -2.11. The molecule has 0 saturated carbocycles. The van der Waals surface area contributed by atoms with Gasteiger partial charge in [-0.25, -0.2) is 9.78 Å². The molecule has 1 N–H and O–H groups in total. The summed E-state index contributed by atoms with van der Waals surface area (Å²) in [6, 6.07) is 3.48. The van der Waals surface area contributed by atoms with E-state index in [-0.39, 0.29) is 11.9 Å². The molecular weight excluding hydrogens is 256 g/mol. The standard InChI is InChI=1S/C14H18N4O2/c19-13-6-9-18(14(20)16-13)11-4-5-12(15-10-11)17-7-2-1-3-8-17/h4-5,10H,1-3,6-9H2,(H,16,19,20). The molecule has 0 spiro atoms. The third-order valence-corrected chi connectivity index (χ3v) is 3.78. The molecule has 2 aliphatic rings. The summed E-state index contributed by atoms with van der Waals surface area (Å²) in [5.74, 6) is 0.742. The first-order chi connectivity index (χ1) is 9.74. The van der Waals surface area contributed by atoms with E-state index in [9.17, 15) is 9.59 Å². The summed E-state index contributed by atoms with van der Waals surface area (Å²) in [6.45, 7) is 2.51. The van der Waals surface area contributed by atoms with Crippen LogP contribution in [0.25, 0.3) is 0 Å². The summed E-state index contributed by atoms with van der Waals surface area (Å²) in [7, 11) is 0. The Labute approximate surface area is 117 Å². The maximum atomic E-state index is 11.7. The lowest BCUT2D eigenvalue weighted by Crippen LogP contribution is -2.49. The van der Waals surface area contributed by atoms with E-state index in [1.807, 2.05) is 12.1 Å². The molecular formula is C14H18N4O2. The van der Waals surface area contributed by atoms with E-state index in [2.05, 4.69) is 15.2 Å². The lowest BCUT2D eigenvalue weighted by atomic mass is 10.1. The van der Waals surface area contributed by atoms with E-state index in [4.69, 9.17) is 0 Å². The number of imide groups is 1. The summed E-state index contributed by atoms with van der Waals surface area (Å²) in [6.07, 6.45) is 5.75. The van der Waals surface area contributed by atoms with Crippen LogP contribution in [0.2, 0.25) is 0 Å². The monoisotopic (exact) mass is 274 g/mol. The highest BCUT2D eigenvalue weighted by Crippen LogP contribution is 2.21. The fourth-order valence-corrected chi connectivity index (χ4v) is 2.66. The van der Waals surface area contributed by atoms with Crippen LogP contribution in [-0.4, -0.2) is 36.6 Å². The second-order valence-corrected chi connectivity index (χ2v) is 5.18. The number of nitrogens with zero attached hydrogens (tertiary/aromatic N) is 3. The number of rotatable bonds is 2. The molecule has 3 heterocycles. The van der Waals surface area contributed by atoms with Crippen LogP contribution >= 0.6 is 0 Å². The largest absolute Gasteiger partial charge is 0.357 e. The number of nitrogens with one attached hydrogen (secondary N) is 1. The van der Waals surface area contributed by atoms with Crippen molar-refractivity contribution in [2.45, 2.75) is 25.7 Å². The lowest BCUT2D eigenvalue weighted by Gasteiger charge is -2.29. The minimum Gasteiger partial charge on any atom is -0.357 e. The van der Waals surface area contributed by atoms with Gasteiger partial charge >= 0.3 is 6.03 Å². The number of piperidine rings is 1. The predicted octanol–water partition coefficient (Wildman–Crippen LogP) is 1.52. The number of hydrogen-bond donors (Lipinski definition) is 1. The molecule has 0 radical (unpaired) electrons. The van der Waals surface area contributed by atoms with E-state index in [1.165, 1.54) is 19.3 Å². The number of carbonyl (C=O) groups excluding carboxylic acids is 2. The van der Waals surface area contributed by atoms with Gasteiger partial charge in [-0.1, -0.05) is 0 Å². The molecule has 3 amide bonds. The van der Waals surface area contributed by atoms with Gasteiger partial charge in [0.25, 0.3) is 0 Å². The molecule has 1 aromatic rings. The molecule has 2 fully saturated rings. The molecule has 2 aliphatic heterocycles. The van der Waals surface area contributed by atoms with Crippen molar-refractivity contribution in [3.8, 4) is 0 Å². The van der Waals surface area contributed by atoms with Crippen LogP contribution in [-0.2, 0) is 4.79 Å². The Morgan fingerprint density at radius 2 is 1.85 bits per heavy atom. The van der Waals surface area contributed by atoms with Crippen molar-refractivity contribution >= 4 is 23.4 Å². The summed E-state index contributed by atoms with van der Waals surface area (Å²) in [5.41, 5.74) is 0.732. The SMILES string of the molecule is O=C1CCN(c2ccc(N3CCCCC3)nc2)C(=O)N1. The Balaban J connectivity index is 1.72. The van der Waals surface area contributed by atoms with E-state index >= 15 is 0 Å². The zero-order valence-electron chi connectivity index (χ0n) is 11.3. The highest BCUT2D eigenvalue weighted by atomic mass is 16.2. The first-order valence-corrected chi connectivity index (χ1v) is 7.06. The molecule has 106 valence electrons. The van der Waals surface area contributed by atoms with Gasteiger partial charge in [0.15, 0.2) is 0 Å². The third kappa shape index (κ3) is 2.59. The van der Waals surface area contributed by atoms with Gasteiger partial charge in [0.1, 0.15) is 5.82 Å². The molecule has 0 bridgehead atoms. The highest BCUT2D eigenvalue weighted by Gasteiger charge is 2.24. The zero-order valence-corrected chi connectivity index (χ0v) is 11.3. The number of carbonyl (C=O) groups is 2. The average molecular weight is 274 g/mol. The van der Waals surface area contributed by atoms with Crippen LogP contribution in [0.4, 0.5) is 16.3 Å². The maximum absolute atomic E-state index is 11.7. The van der Waals surface area contributed by atoms with Crippen molar-refractivity contribution in [1.82, 2.24) is 10.3 Å². The second-order valence-electron chi connectivity index (χ2n) is 5.18. The number of aromatic nitrogens is 1. The van der Waals surface area contributed by atoms with Crippen molar-refractivity contribution in [3.05, 3.63) is 18.3 Å². The minimum atomic E-state index is -0.367. The second kappa shape index (κ2) is 5.48. The van der Waals surface area contributed by atoms with Gasteiger partial charge in [0.2, 0.25) is 5.91 Å². The molecule has 3 rings (SSSR count). The van der Waals surface area contributed by atoms with E-state index < -0.39 is 0 Å². The summed E-state index contributed by atoms with van der Waals surface area (Å²) in [4.78, 5) is 31.1. The predicted molar refractivity (Wildman–Crippen MR) is 75.8 cm³/mol. The first-order valence-electron chi connectivity index (χ1n) is 7.06. The van der Waals surface area contributed by atoms with Crippen LogP contribution in [0.3, 0.4) is 0 Å². The number of pyridine rings is 1.